The van der Waals surface area contributed by atoms with Gasteiger partial charge in [0.2, 0.25) is 0 Å². The molecule has 0 fully saturated rings. The van der Waals surface area contributed by atoms with Gasteiger partial charge in [-0.25, -0.2) is 9.59 Å². The molecule has 28 heavy (non-hydrogen) atoms. The molecule has 0 spiro atoms. The van der Waals surface area contributed by atoms with Crippen molar-refractivity contribution in [3.8, 4) is 0 Å². The molecule has 0 bridgehead atoms. The van der Waals surface area contributed by atoms with Crippen LogP contribution in [0.2, 0.25) is 5.02 Å². The Morgan fingerprint density at radius 3 is 2.43 bits per heavy atom. The van der Waals surface area contributed by atoms with Crippen molar-refractivity contribution in [2.45, 2.75) is 27.7 Å². The Morgan fingerprint density at radius 1 is 1.25 bits per heavy atom. The smallest absolute Gasteiger partial charge is 0.337 e. The lowest BCUT2D eigenvalue weighted by Crippen LogP contribution is -2.15. The van der Waals surface area contributed by atoms with Gasteiger partial charge in [-0.2, -0.15) is 0 Å². The highest BCUT2D eigenvalue weighted by molar-refractivity contribution is 7.15. The molecule has 0 unspecified atom stereocenters. The summed E-state index contributed by atoms with van der Waals surface area (Å²) in [7, 11) is 1.21. The largest absolute Gasteiger partial charge is 0.478 e. The number of hydrogen-bond acceptors (Lipinski definition) is 5. The summed E-state index contributed by atoms with van der Waals surface area (Å²) in [6, 6.07) is 3.81. The maximum Gasteiger partial charge on any atom is 0.337 e. The second-order valence-electron chi connectivity index (χ2n) is 5.23. The number of hydrogen-bond donors (Lipinski definition) is 2. The number of benzene rings is 1. The van der Waals surface area contributed by atoms with E-state index in [2.05, 4.69) is 10.1 Å². The van der Waals surface area contributed by atoms with Crippen LogP contribution in [-0.4, -0.2) is 30.1 Å². The first kappa shape index (κ1) is 23.4. The van der Waals surface area contributed by atoms with Gasteiger partial charge in [-0.05, 0) is 32.0 Å². The lowest BCUT2D eigenvalue weighted by atomic mass is 10.1. The van der Waals surface area contributed by atoms with E-state index in [1.807, 2.05) is 33.8 Å². The number of esters is 1. The van der Waals surface area contributed by atoms with Gasteiger partial charge in [0, 0.05) is 10.4 Å². The van der Waals surface area contributed by atoms with E-state index in [9.17, 15) is 19.5 Å². The molecule has 0 atom stereocenters. The summed E-state index contributed by atoms with van der Waals surface area (Å²) in [6.45, 7) is 7.67. The zero-order valence-corrected chi connectivity index (χ0v) is 17.8. The summed E-state index contributed by atoms with van der Waals surface area (Å²) in [4.78, 5) is 36.8. The molecule has 0 radical (unpaired) electrons. The highest BCUT2D eigenvalue weighted by atomic mass is 35.5. The lowest BCUT2D eigenvalue weighted by molar-refractivity contribution is 0.0598. The van der Waals surface area contributed by atoms with Crippen molar-refractivity contribution in [2.24, 2.45) is 0 Å². The van der Waals surface area contributed by atoms with Gasteiger partial charge in [-0.3, -0.25) is 4.79 Å². The summed E-state index contributed by atoms with van der Waals surface area (Å²) in [6.07, 6.45) is 3.61. The van der Waals surface area contributed by atoms with Crippen LogP contribution in [0.3, 0.4) is 0 Å². The molecule has 0 aliphatic heterocycles. The summed E-state index contributed by atoms with van der Waals surface area (Å²) in [5.74, 6) is -2.43. The molecule has 2 N–H and O–H groups in total. The molecule has 0 saturated heterocycles. The molecule has 2 aromatic rings. The molecule has 1 heterocycles. The number of halogens is 1. The average molecular weight is 424 g/mol. The van der Waals surface area contributed by atoms with Crippen molar-refractivity contribution in [3.05, 3.63) is 55.7 Å². The van der Waals surface area contributed by atoms with Crippen molar-refractivity contribution in [1.82, 2.24) is 0 Å². The standard InChI is InChI=1S/C18H16ClNO5S.C2H6/c1-4-5-11-9(2)26-15(14(11)19)16(21)20-13-8-10(18(24)25-3)6-7-12(13)17(22)23;1-2/h4-8H,1-3H3,(H,20,21)(H,22,23);1-2H3/b5-4-;. The highest BCUT2D eigenvalue weighted by Crippen LogP contribution is 2.34. The van der Waals surface area contributed by atoms with Gasteiger partial charge in [0.25, 0.3) is 5.91 Å². The van der Waals surface area contributed by atoms with E-state index in [4.69, 9.17) is 11.6 Å². The predicted molar refractivity (Wildman–Crippen MR) is 113 cm³/mol. The normalized spacial score (nSPS) is 10.2. The third kappa shape index (κ3) is 5.21. The molecular weight excluding hydrogens is 402 g/mol. The third-order valence-corrected chi connectivity index (χ3v) is 5.15. The van der Waals surface area contributed by atoms with Gasteiger partial charge in [-0.15, -0.1) is 11.3 Å². The third-order valence-electron chi connectivity index (χ3n) is 3.53. The number of rotatable bonds is 5. The van der Waals surface area contributed by atoms with Crippen LogP contribution in [0.15, 0.2) is 24.3 Å². The molecule has 8 heteroatoms. The van der Waals surface area contributed by atoms with E-state index in [1.165, 1.54) is 36.6 Å². The minimum Gasteiger partial charge on any atom is -0.478 e. The first-order valence-electron chi connectivity index (χ1n) is 8.48. The van der Waals surface area contributed by atoms with E-state index < -0.39 is 17.8 Å². The van der Waals surface area contributed by atoms with Crippen molar-refractivity contribution >= 4 is 52.5 Å². The van der Waals surface area contributed by atoms with Crippen LogP contribution in [0.25, 0.3) is 6.08 Å². The predicted octanol–water partition coefficient (Wildman–Crippen LogP) is 5.51. The number of amides is 1. The van der Waals surface area contributed by atoms with E-state index in [0.717, 1.165) is 10.4 Å². The Labute approximate surface area is 172 Å². The molecule has 1 aromatic carbocycles. The number of carboxylic acids is 1. The zero-order valence-electron chi connectivity index (χ0n) is 16.3. The molecule has 150 valence electrons. The van der Waals surface area contributed by atoms with E-state index in [0.29, 0.717) is 5.02 Å². The molecule has 6 nitrogen and oxygen atoms in total. The Hall–Kier alpha value is -2.64. The first-order valence-corrected chi connectivity index (χ1v) is 9.68. The number of anilines is 1. The molecule has 1 amide bonds. The van der Waals surface area contributed by atoms with Gasteiger partial charge in [0.15, 0.2) is 0 Å². The van der Waals surface area contributed by atoms with Gasteiger partial charge in [0.1, 0.15) is 4.88 Å². The zero-order chi connectivity index (χ0) is 21.4. The van der Waals surface area contributed by atoms with Crippen LogP contribution in [0.4, 0.5) is 5.69 Å². The van der Waals surface area contributed by atoms with Crippen LogP contribution < -0.4 is 5.32 Å². The van der Waals surface area contributed by atoms with Crippen LogP contribution in [0.5, 0.6) is 0 Å². The van der Waals surface area contributed by atoms with Crippen molar-refractivity contribution in [3.63, 3.8) is 0 Å². The number of carboxylic acid groups (broad SMARTS) is 1. The Kier molecular flexibility index (Phi) is 8.88. The Morgan fingerprint density at radius 2 is 1.89 bits per heavy atom. The second-order valence-corrected chi connectivity index (χ2v) is 6.83. The highest BCUT2D eigenvalue weighted by Gasteiger charge is 2.21. The number of aryl methyl sites for hydroxylation is 1. The van der Waals surface area contributed by atoms with Gasteiger partial charge in [0.05, 0.1) is 28.9 Å². The molecule has 0 aliphatic rings. The molecule has 1 aromatic heterocycles. The molecule has 0 saturated carbocycles. The molecular formula is C20H22ClNO5S. The topological polar surface area (TPSA) is 92.7 Å². The maximum atomic E-state index is 12.6. The fourth-order valence-corrected chi connectivity index (χ4v) is 3.68. The fourth-order valence-electron chi connectivity index (χ4n) is 2.29. The van der Waals surface area contributed by atoms with Gasteiger partial charge >= 0.3 is 11.9 Å². The lowest BCUT2D eigenvalue weighted by Gasteiger charge is -2.10. The van der Waals surface area contributed by atoms with Crippen LogP contribution in [0.1, 0.15) is 61.6 Å². The van der Waals surface area contributed by atoms with E-state index >= 15 is 0 Å². The van der Waals surface area contributed by atoms with Crippen molar-refractivity contribution in [1.29, 1.82) is 0 Å². The monoisotopic (exact) mass is 423 g/mol. The number of ether oxygens (including phenoxy) is 1. The van der Waals surface area contributed by atoms with Crippen LogP contribution >= 0.6 is 22.9 Å². The van der Waals surface area contributed by atoms with Crippen LogP contribution in [-0.2, 0) is 4.74 Å². The number of allylic oxidation sites excluding steroid dienone is 1. The number of carbonyl (C=O) groups excluding carboxylic acids is 2. The Bertz CT molecular complexity index is 918. The first-order chi connectivity index (χ1) is 13.3. The Balaban J connectivity index is 0.00000190. The van der Waals surface area contributed by atoms with Gasteiger partial charge in [-0.1, -0.05) is 37.6 Å². The molecule has 0 aliphatic carbocycles. The fraction of sp³-hybridized carbons (Fsp3) is 0.250. The van der Waals surface area contributed by atoms with Gasteiger partial charge < -0.3 is 15.2 Å². The number of nitrogens with one attached hydrogen (secondary N) is 1. The summed E-state index contributed by atoms with van der Waals surface area (Å²) in [5.41, 5.74) is 0.700. The number of methoxy groups -OCH3 is 1. The minimum atomic E-state index is -1.24. The minimum absolute atomic E-state index is 0.0138. The number of aromatic carboxylic acids is 1. The van der Waals surface area contributed by atoms with Crippen LogP contribution in [0, 0.1) is 6.92 Å². The number of carbonyl (C=O) groups is 3. The quantitative estimate of drug-likeness (QED) is 0.619. The average Bonchev–Trinajstić information content (AvgIpc) is 2.97. The van der Waals surface area contributed by atoms with E-state index in [-0.39, 0.29) is 21.7 Å². The SMILES string of the molecule is C/C=C\c1c(C)sc(C(=O)Nc2cc(C(=O)OC)ccc2C(=O)O)c1Cl.CC. The number of thiophene rings is 1. The van der Waals surface area contributed by atoms with Crippen molar-refractivity contribution < 1.29 is 24.2 Å². The van der Waals surface area contributed by atoms with Crippen molar-refractivity contribution in [2.75, 3.05) is 12.4 Å². The molecule has 2 rings (SSSR count). The van der Waals surface area contributed by atoms with E-state index in [1.54, 1.807) is 6.08 Å². The summed E-state index contributed by atoms with van der Waals surface area (Å²) in [5, 5.41) is 12.1. The maximum absolute atomic E-state index is 12.6. The summed E-state index contributed by atoms with van der Waals surface area (Å²) >= 11 is 7.49. The second kappa shape index (κ2) is 10.6. The summed E-state index contributed by atoms with van der Waals surface area (Å²) < 4.78 is 4.62.